The maximum atomic E-state index is 10.0. The monoisotopic (exact) mass is 378 g/mol. The molecule has 1 aromatic rings. The van der Waals surface area contributed by atoms with Gasteiger partial charge in [-0.15, -0.1) is 18.8 Å². The summed E-state index contributed by atoms with van der Waals surface area (Å²) in [6.07, 6.45) is 7.57. The average molecular weight is 378 g/mol. The second-order valence-electron chi connectivity index (χ2n) is 1.76. The van der Waals surface area contributed by atoms with Crippen LogP contribution in [0.3, 0.4) is 0 Å². The molecule has 0 unspecified atom stereocenters. The van der Waals surface area contributed by atoms with Crippen molar-refractivity contribution >= 4 is 12.7 Å². The van der Waals surface area contributed by atoms with Gasteiger partial charge in [0, 0.05) is 28.1 Å². The first kappa shape index (κ1) is 19.5. The number of carbonyl (C=O) groups is 1. The van der Waals surface area contributed by atoms with Gasteiger partial charge in [-0.1, -0.05) is 0 Å². The van der Waals surface area contributed by atoms with Crippen LogP contribution < -0.4 is 5.32 Å². The Morgan fingerprint density at radius 1 is 1.53 bits per heavy atom. The van der Waals surface area contributed by atoms with Crippen LogP contribution in [0.25, 0.3) is 0 Å². The van der Waals surface area contributed by atoms with Gasteiger partial charge in [-0.05, 0) is 12.4 Å². The molecule has 6 heteroatoms. The molecule has 0 aliphatic rings. The van der Waals surface area contributed by atoms with E-state index in [0.717, 1.165) is 0 Å². The molecule has 15 heavy (non-hydrogen) atoms. The van der Waals surface area contributed by atoms with E-state index >= 15 is 0 Å². The van der Waals surface area contributed by atoms with Gasteiger partial charge in [0.1, 0.15) is 0 Å². The van der Waals surface area contributed by atoms with Gasteiger partial charge >= 0.3 is 0 Å². The van der Waals surface area contributed by atoms with Gasteiger partial charge in [0.05, 0.1) is 0 Å². The molecule has 1 amide bonds. The van der Waals surface area contributed by atoms with Gasteiger partial charge in [-0.25, -0.2) is 0 Å². The smallest absolute Gasteiger partial charge is 0.189 e. The van der Waals surface area contributed by atoms with Crippen molar-refractivity contribution in [2.45, 2.75) is 6.42 Å². The van der Waals surface area contributed by atoms with Gasteiger partial charge in [-0.2, -0.15) is 0 Å². The van der Waals surface area contributed by atoms with Gasteiger partial charge < -0.3 is 27.0 Å². The van der Waals surface area contributed by atoms with Crippen LogP contribution in [0, 0.1) is 13.1 Å². The Bertz CT molecular complexity index is 189. The van der Waals surface area contributed by atoms with Crippen molar-refractivity contribution in [1.29, 1.82) is 0 Å². The molecule has 0 aromatic carbocycles. The number of carbonyl (C=O) groups excluding carboxylic acids is 2. The molecule has 0 atom stereocenters. The number of amides is 1. The fraction of sp³-hybridized carbons (Fsp3) is 0.222. The van der Waals surface area contributed by atoms with Crippen LogP contribution in [0.1, 0.15) is 6.42 Å². The molecule has 0 fully saturated rings. The summed E-state index contributed by atoms with van der Waals surface area (Å²) in [7, 11) is 1.59. The Morgan fingerprint density at radius 2 is 2.13 bits per heavy atom. The summed E-state index contributed by atoms with van der Waals surface area (Å²) in [6.45, 7) is 6.59. The van der Waals surface area contributed by atoms with E-state index in [-0.39, 0.29) is 27.0 Å². The zero-order valence-electron chi connectivity index (χ0n) is 8.34. The third-order valence-corrected chi connectivity index (χ3v) is 0.940. The summed E-state index contributed by atoms with van der Waals surface area (Å²) in [5.74, 6) is -0.0185. The molecule has 0 spiro atoms. The van der Waals surface area contributed by atoms with Crippen LogP contribution in [0.4, 0.5) is 0 Å². The van der Waals surface area contributed by atoms with E-state index in [1.54, 1.807) is 19.4 Å². The number of rotatable bonds is 1. The Kier molecular flexibility index (Phi) is 24.2. The predicted octanol–water partition coefficient (Wildman–Crippen LogP) is -0.0432. The van der Waals surface area contributed by atoms with Crippen molar-refractivity contribution in [2.75, 3.05) is 7.05 Å². The minimum atomic E-state index is -0.0185. The molecule has 84 valence electrons. The number of nitrogens with one attached hydrogen (secondary N) is 1. The summed E-state index contributed by atoms with van der Waals surface area (Å²) in [5, 5.41) is 2.41. The normalized spacial score (nSPS) is 6.53. The quantitative estimate of drug-likeness (QED) is 0.550. The average Bonchev–Trinajstić information content (AvgIpc) is 2.33. The van der Waals surface area contributed by atoms with E-state index in [1.807, 2.05) is 0 Å². The molecule has 0 saturated heterocycles. The Hall–Kier alpha value is -1.09. The first-order valence-corrected chi connectivity index (χ1v) is 3.66. The van der Waals surface area contributed by atoms with Crippen LogP contribution >= 0.6 is 0 Å². The third kappa shape index (κ3) is 19.4. The molecule has 0 radical (unpaired) electrons. The van der Waals surface area contributed by atoms with Gasteiger partial charge in [0.15, 0.2) is 5.91 Å². The van der Waals surface area contributed by atoms with E-state index < -0.39 is 0 Å². The Morgan fingerprint density at radius 3 is 2.20 bits per heavy atom. The van der Waals surface area contributed by atoms with E-state index in [1.165, 1.54) is 6.20 Å². The molecule has 0 aliphatic heterocycles. The van der Waals surface area contributed by atoms with Crippen LogP contribution in [0.5, 0.6) is 0 Å². The summed E-state index contributed by atoms with van der Waals surface area (Å²) in [6, 6.07) is 0. The van der Waals surface area contributed by atoms with Crippen LogP contribution in [-0.4, -0.2) is 29.7 Å². The van der Waals surface area contributed by atoms with Gasteiger partial charge in [0.2, 0.25) is 0 Å². The Balaban J connectivity index is -0.000000156. The zero-order valence-corrected chi connectivity index (χ0v) is 11.3. The first-order chi connectivity index (χ1) is 6.81. The molecule has 5 nitrogen and oxygen atoms in total. The number of nitrogens with zero attached hydrogens (tertiary/aromatic N) is 2. The summed E-state index contributed by atoms with van der Waals surface area (Å²) in [5.41, 5.74) is 0. The van der Waals surface area contributed by atoms with Crippen LogP contribution in [0.15, 0.2) is 18.6 Å². The fourth-order valence-electron chi connectivity index (χ4n) is 0.350. The van der Waals surface area contributed by atoms with Crippen molar-refractivity contribution in [3.63, 3.8) is 0 Å². The van der Waals surface area contributed by atoms with E-state index in [2.05, 4.69) is 35.2 Å². The van der Waals surface area contributed by atoms with Crippen molar-refractivity contribution in [2.24, 2.45) is 0 Å². The molecular weight excluding hydrogens is 366 g/mol. The molecule has 1 aromatic heterocycles. The van der Waals surface area contributed by atoms with Crippen molar-refractivity contribution in [1.82, 2.24) is 15.3 Å². The van der Waals surface area contributed by atoms with E-state index in [4.69, 9.17) is 4.79 Å². The maximum absolute atomic E-state index is 10.0. The molecule has 0 bridgehead atoms. The Labute approximate surface area is 104 Å². The van der Waals surface area contributed by atoms with Gasteiger partial charge in [-0.3, -0.25) is 11.6 Å². The van der Waals surface area contributed by atoms with Crippen molar-refractivity contribution in [3.05, 3.63) is 31.7 Å². The summed E-state index contributed by atoms with van der Waals surface area (Å²) in [4.78, 5) is 25.0. The molecule has 0 aliphatic carbocycles. The minimum absolute atomic E-state index is 0. The largest absolute Gasteiger partial charge is 0.545 e. The minimum Gasteiger partial charge on any atom is -0.545 e. The molecule has 1 heterocycles. The SMILES string of the molecule is [CH-]=O.[CH2-]CC(=O)NC.[W].[c-]1cnccn1. The summed E-state index contributed by atoms with van der Waals surface area (Å²) < 4.78 is 0. The predicted molar refractivity (Wildman–Crippen MR) is 51.7 cm³/mol. The topological polar surface area (TPSA) is 72.0 Å². The third-order valence-electron chi connectivity index (χ3n) is 0.940. The van der Waals surface area contributed by atoms with E-state index in [0.29, 0.717) is 6.42 Å². The second kappa shape index (κ2) is 18.6. The maximum Gasteiger partial charge on any atom is 0.189 e. The molecular formula is C9H12N3O2W-3. The van der Waals surface area contributed by atoms with Crippen LogP contribution in [-0.2, 0) is 30.7 Å². The van der Waals surface area contributed by atoms with Crippen LogP contribution in [0.2, 0.25) is 0 Å². The summed E-state index contributed by atoms with van der Waals surface area (Å²) >= 11 is 0. The molecule has 1 N–H and O–H groups in total. The fourth-order valence-corrected chi connectivity index (χ4v) is 0.350. The number of aromatic nitrogens is 2. The van der Waals surface area contributed by atoms with E-state index in [9.17, 15) is 4.79 Å². The standard InChI is InChI=1S/C4H3N2.C4H8NO.CHO.W/c1-2-6-4-3-5-1;1-3-4(6)5-2;1-2;/h1-3H;1,3H2,2H3,(H,5,6);1H;/q3*-1;. The first-order valence-electron chi connectivity index (χ1n) is 3.66. The molecule has 1 rings (SSSR count). The van der Waals surface area contributed by atoms with Gasteiger partial charge in [0.25, 0.3) is 0 Å². The molecule has 0 saturated carbocycles. The zero-order chi connectivity index (χ0) is 11.2. The number of hydrogen-bond donors (Lipinski definition) is 1. The van der Waals surface area contributed by atoms with Crippen molar-refractivity contribution in [3.8, 4) is 0 Å². The number of hydrogen-bond acceptors (Lipinski definition) is 4. The second-order valence-corrected chi connectivity index (χ2v) is 1.76. The van der Waals surface area contributed by atoms with Crippen molar-refractivity contribution < 1.29 is 30.7 Å².